The van der Waals surface area contributed by atoms with Crippen molar-refractivity contribution in [3.63, 3.8) is 0 Å². The van der Waals surface area contributed by atoms with Crippen LogP contribution in [0.1, 0.15) is 30.9 Å². The molecule has 3 rings (SSSR count). The van der Waals surface area contributed by atoms with Crippen molar-refractivity contribution < 1.29 is 4.79 Å². The zero-order valence-electron chi connectivity index (χ0n) is 12.3. The minimum atomic E-state index is 0.221. The molecule has 1 unspecified atom stereocenters. The molecule has 3 heteroatoms. The highest BCUT2D eigenvalue weighted by atomic mass is 16.2. The molecule has 3 nitrogen and oxygen atoms in total. The highest BCUT2D eigenvalue weighted by molar-refractivity contribution is 5.80. The van der Waals surface area contributed by atoms with E-state index >= 15 is 0 Å². The van der Waals surface area contributed by atoms with Crippen molar-refractivity contribution in [2.24, 2.45) is 5.92 Å². The summed E-state index contributed by atoms with van der Waals surface area (Å²) in [6, 6.07) is 9.09. The topological polar surface area (TPSA) is 32.3 Å². The van der Waals surface area contributed by atoms with Crippen molar-refractivity contribution in [1.82, 2.24) is 10.2 Å². The fourth-order valence-corrected chi connectivity index (χ4v) is 3.36. The van der Waals surface area contributed by atoms with Crippen LogP contribution in [0.2, 0.25) is 0 Å². The third-order valence-corrected chi connectivity index (χ3v) is 4.64. The number of hydrogen-bond acceptors (Lipinski definition) is 2. The number of rotatable bonds is 4. The number of nitrogens with zero attached hydrogens (tertiary/aromatic N) is 1. The van der Waals surface area contributed by atoms with Crippen molar-refractivity contribution in [2.45, 2.75) is 38.6 Å². The van der Waals surface area contributed by atoms with Crippen molar-refractivity contribution in [1.29, 1.82) is 0 Å². The lowest BCUT2D eigenvalue weighted by Crippen LogP contribution is -2.55. The fraction of sp³-hybridized carbons (Fsp3) is 0.588. The summed E-state index contributed by atoms with van der Waals surface area (Å²) in [6.45, 7) is 4.79. The normalized spacial score (nSPS) is 21.9. The standard InChI is InChI=1S/C17H24N2O/c1-2-9-19(17(20)15-11-18-12-15)16-8-7-13-5-3-4-6-14(13)10-16/h3-6,15-16,18H,2,7-12H2,1H3. The van der Waals surface area contributed by atoms with Crippen LogP contribution >= 0.6 is 0 Å². The van der Waals surface area contributed by atoms with E-state index in [2.05, 4.69) is 41.4 Å². The van der Waals surface area contributed by atoms with Crippen molar-refractivity contribution >= 4 is 5.91 Å². The van der Waals surface area contributed by atoms with Gasteiger partial charge in [0.25, 0.3) is 0 Å². The summed E-state index contributed by atoms with van der Waals surface area (Å²) in [5, 5.41) is 3.21. The average molecular weight is 272 g/mol. The van der Waals surface area contributed by atoms with Crippen molar-refractivity contribution in [2.75, 3.05) is 19.6 Å². The van der Waals surface area contributed by atoms with Gasteiger partial charge in [0.05, 0.1) is 5.92 Å². The molecule has 1 saturated heterocycles. The molecule has 20 heavy (non-hydrogen) atoms. The molecule has 1 aliphatic heterocycles. The average Bonchev–Trinajstić information content (AvgIpc) is 2.42. The number of carbonyl (C=O) groups excluding carboxylic acids is 1. The van der Waals surface area contributed by atoms with E-state index in [0.29, 0.717) is 11.9 Å². The minimum Gasteiger partial charge on any atom is -0.339 e. The monoisotopic (exact) mass is 272 g/mol. The SMILES string of the molecule is CCCN(C(=O)C1CNC1)C1CCc2ccccc2C1. The lowest BCUT2D eigenvalue weighted by Gasteiger charge is -2.39. The maximum absolute atomic E-state index is 12.6. The van der Waals surface area contributed by atoms with Gasteiger partial charge in [0.2, 0.25) is 5.91 Å². The van der Waals surface area contributed by atoms with Gasteiger partial charge in [-0.25, -0.2) is 0 Å². The van der Waals surface area contributed by atoms with Gasteiger partial charge in [-0.2, -0.15) is 0 Å². The molecule has 0 radical (unpaired) electrons. The Balaban J connectivity index is 1.73. The molecule has 1 atom stereocenters. The highest BCUT2D eigenvalue weighted by Gasteiger charge is 2.33. The van der Waals surface area contributed by atoms with E-state index in [-0.39, 0.29) is 5.92 Å². The molecule has 1 heterocycles. The van der Waals surface area contributed by atoms with Crippen LogP contribution in [0.4, 0.5) is 0 Å². The van der Waals surface area contributed by atoms with Crippen LogP contribution in [0.3, 0.4) is 0 Å². The second kappa shape index (κ2) is 5.96. The fourth-order valence-electron chi connectivity index (χ4n) is 3.36. The first-order valence-electron chi connectivity index (χ1n) is 7.87. The van der Waals surface area contributed by atoms with Gasteiger partial charge in [0.15, 0.2) is 0 Å². The first-order chi connectivity index (χ1) is 9.79. The zero-order chi connectivity index (χ0) is 13.9. The maximum atomic E-state index is 12.6. The second-order valence-corrected chi connectivity index (χ2v) is 6.05. The van der Waals surface area contributed by atoms with E-state index in [1.807, 2.05) is 0 Å². The molecule has 108 valence electrons. The van der Waals surface area contributed by atoms with E-state index in [9.17, 15) is 4.79 Å². The van der Waals surface area contributed by atoms with Crippen LogP contribution in [-0.2, 0) is 17.6 Å². The molecule has 1 aromatic rings. The molecular weight excluding hydrogens is 248 g/mol. The molecule has 1 aliphatic carbocycles. The third-order valence-electron chi connectivity index (χ3n) is 4.64. The molecule has 1 fully saturated rings. The Morgan fingerprint density at radius 1 is 1.30 bits per heavy atom. The predicted molar refractivity (Wildman–Crippen MR) is 80.6 cm³/mol. The summed E-state index contributed by atoms with van der Waals surface area (Å²) in [5.74, 6) is 0.591. The highest BCUT2D eigenvalue weighted by Crippen LogP contribution is 2.26. The lowest BCUT2D eigenvalue weighted by molar-refractivity contribution is -0.139. The molecule has 1 aromatic carbocycles. The molecule has 1 amide bonds. The number of aryl methyl sites for hydroxylation is 1. The smallest absolute Gasteiger partial charge is 0.228 e. The molecule has 1 N–H and O–H groups in total. The van der Waals surface area contributed by atoms with Crippen LogP contribution in [-0.4, -0.2) is 36.5 Å². The van der Waals surface area contributed by atoms with Crippen molar-refractivity contribution in [3.8, 4) is 0 Å². The zero-order valence-corrected chi connectivity index (χ0v) is 12.3. The van der Waals surface area contributed by atoms with Gasteiger partial charge in [-0.05, 0) is 36.8 Å². The second-order valence-electron chi connectivity index (χ2n) is 6.05. The van der Waals surface area contributed by atoms with Gasteiger partial charge >= 0.3 is 0 Å². The van der Waals surface area contributed by atoms with E-state index in [0.717, 1.165) is 45.3 Å². The van der Waals surface area contributed by atoms with Crippen LogP contribution in [0.5, 0.6) is 0 Å². The Hall–Kier alpha value is -1.35. The van der Waals surface area contributed by atoms with Gasteiger partial charge in [-0.15, -0.1) is 0 Å². The Labute approximate surface area is 121 Å². The lowest BCUT2D eigenvalue weighted by atomic mass is 9.86. The summed E-state index contributed by atoms with van der Waals surface area (Å²) in [7, 11) is 0. The first kappa shape index (κ1) is 13.6. The number of nitrogens with one attached hydrogen (secondary N) is 1. The number of amides is 1. The molecule has 0 spiro atoms. The number of fused-ring (bicyclic) bond motifs is 1. The first-order valence-corrected chi connectivity index (χ1v) is 7.87. The van der Waals surface area contributed by atoms with Crippen LogP contribution in [0.25, 0.3) is 0 Å². The molecule has 0 aromatic heterocycles. The number of benzene rings is 1. The Bertz CT molecular complexity index is 482. The largest absolute Gasteiger partial charge is 0.339 e. The van der Waals surface area contributed by atoms with E-state index in [4.69, 9.17) is 0 Å². The number of hydrogen-bond donors (Lipinski definition) is 1. The molecule has 0 bridgehead atoms. The molecule has 0 saturated carbocycles. The van der Waals surface area contributed by atoms with Gasteiger partial charge in [0, 0.05) is 25.7 Å². The Morgan fingerprint density at radius 3 is 2.70 bits per heavy atom. The van der Waals surface area contributed by atoms with E-state index in [1.165, 1.54) is 11.1 Å². The van der Waals surface area contributed by atoms with Gasteiger partial charge in [-0.3, -0.25) is 4.79 Å². The van der Waals surface area contributed by atoms with Gasteiger partial charge in [0.1, 0.15) is 0 Å². The Kier molecular flexibility index (Phi) is 4.06. The minimum absolute atomic E-state index is 0.221. The summed E-state index contributed by atoms with van der Waals surface area (Å²) in [6.07, 6.45) is 4.30. The van der Waals surface area contributed by atoms with Gasteiger partial charge < -0.3 is 10.2 Å². The molecular formula is C17H24N2O. The van der Waals surface area contributed by atoms with Gasteiger partial charge in [-0.1, -0.05) is 31.2 Å². The van der Waals surface area contributed by atoms with E-state index in [1.54, 1.807) is 0 Å². The van der Waals surface area contributed by atoms with Crippen LogP contribution in [0.15, 0.2) is 24.3 Å². The number of carbonyl (C=O) groups is 1. The van der Waals surface area contributed by atoms with E-state index < -0.39 is 0 Å². The molecule has 2 aliphatic rings. The predicted octanol–water partition coefficient (Wildman–Crippen LogP) is 2.00. The summed E-state index contributed by atoms with van der Waals surface area (Å²) >= 11 is 0. The maximum Gasteiger partial charge on any atom is 0.228 e. The van der Waals surface area contributed by atoms with Crippen LogP contribution < -0.4 is 5.32 Å². The van der Waals surface area contributed by atoms with Crippen molar-refractivity contribution in [3.05, 3.63) is 35.4 Å². The Morgan fingerprint density at radius 2 is 2.05 bits per heavy atom. The van der Waals surface area contributed by atoms with Crippen LogP contribution in [0, 0.1) is 5.92 Å². The summed E-state index contributed by atoms with van der Waals surface area (Å²) < 4.78 is 0. The third kappa shape index (κ3) is 2.59. The quantitative estimate of drug-likeness (QED) is 0.909. The summed E-state index contributed by atoms with van der Waals surface area (Å²) in [5.41, 5.74) is 2.90. The summed E-state index contributed by atoms with van der Waals surface area (Å²) in [4.78, 5) is 14.8.